The van der Waals surface area contributed by atoms with Crippen LogP contribution in [0.2, 0.25) is 0 Å². The standard InChI is InChI=1S/C12H15F2N/c1-8-2-3-9(11(13)14)10(6-8)12(7-15)4-5-12/h2-3,6,11H,4-5,7,15H2,1H3. The maximum atomic E-state index is 12.8. The Morgan fingerprint density at radius 2 is 2.07 bits per heavy atom. The zero-order valence-electron chi connectivity index (χ0n) is 8.76. The first-order chi connectivity index (χ1) is 7.09. The van der Waals surface area contributed by atoms with E-state index in [0.29, 0.717) is 6.54 Å². The number of rotatable bonds is 3. The van der Waals surface area contributed by atoms with Crippen LogP contribution >= 0.6 is 0 Å². The molecule has 0 aliphatic heterocycles. The Morgan fingerprint density at radius 1 is 1.40 bits per heavy atom. The van der Waals surface area contributed by atoms with E-state index in [4.69, 9.17) is 5.73 Å². The molecule has 0 unspecified atom stereocenters. The number of halogens is 2. The third-order valence-electron chi connectivity index (χ3n) is 3.26. The number of hydrogen-bond acceptors (Lipinski definition) is 1. The summed E-state index contributed by atoms with van der Waals surface area (Å²) in [5, 5.41) is 0. The monoisotopic (exact) mass is 211 g/mol. The van der Waals surface area contributed by atoms with Gasteiger partial charge in [0.25, 0.3) is 6.43 Å². The van der Waals surface area contributed by atoms with Crippen molar-refractivity contribution in [3.05, 3.63) is 34.9 Å². The predicted molar refractivity (Wildman–Crippen MR) is 56.1 cm³/mol. The molecule has 1 aliphatic carbocycles. The molecule has 2 rings (SSSR count). The summed E-state index contributed by atoms with van der Waals surface area (Å²) in [6.07, 6.45) is -0.524. The van der Waals surface area contributed by atoms with Gasteiger partial charge >= 0.3 is 0 Å². The van der Waals surface area contributed by atoms with Crippen molar-refractivity contribution in [3.8, 4) is 0 Å². The lowest BCUT2D eigenvalue weighted by molar-refractivity contribution is 0.149. The van der Waals surface area contributed by atoms with E-state index < -0.39 is 6.43 Å². The van der Waals surface area contributed by atoms with Crippen LogP contribution in [0.25, 0.3) is 0 Å². The molecule has 0 radical (unpaired) electrons. The fraction of sp³-hybridized carbons (Fsp3) is 0.500. The fourth-order valence-corrected chi connectivity index (χ4v) is 2.05. The molecule has 1 aromatic carbocycles. The molecule has 0 amide bonds. The number of aryl methyl sites for hydroxylation is 1. The van der Waals surface area contributed by atoms with Crippen molar-refractivity contribution >= 4 is 0 Å². The highest BCUT2D eigenvalue weighted by atomic mass is 19.3. The molecule has 0 saturated heterocycles. The molecule has 82 valence electrons. The first kappa shape index (κ1) is 10.6. The summed E-state index contributed by atoms with van der Waals surface area (Å²) in [6, 6.07) is 5.13. The van der Waals surface area contributed by atoms with Crippen LogP contribution in [0.5, 0.6) is 0 Å². The number of benzene rings is 1. The van der Waals surface area contributed by atoms with E-state index in [0.717, 1.165) is 24.0 Å². The Labute approximate surface area is 88.3 Å². The van der Waals surface area contributed by atoms with Gasteiger partial charge in [-0.3, -0.25) is 0 Å². The number of hydrogen-bond donors (Lipinski definition) is 1. The summed E-state index contributed by atoms with van der Waals surface area (Å²) in [6.45, 7) is 2.39. The highest BCUT2D eigenvalue weighted by Gasteiger charge is 2.45. The minimum Gasteiger partial charge on any atom is -0.330 e. The summed E-state index contributed by atoms with van der Waals surface area (Å²) in [4.78, 5) is 0. The second-order valence-electron chi connectivity index (χ2n) is 4.38. The maximum Gasteiger partial charge on any atom is 0.264 e. The number of alkyl halides is 2. The van der Waals surface area contributed by atoms with E-state index in [1.165, 1.54) is 6.07 Å². The van der Waals surface area contributed by atoms with Gasteiger partial charge in [0, 0.05) is 17.5 Å². The van der Waals surface area contributed by atoms with Gasteiger partial charge in [0.05, 0.1) is 0 Å². The van der Waals surface area contributed by atoms with Gasteiger partial charge < -0.3 is 5.73 Å². The van der Waals surface area contributed by atoms with E-state index in [1.54, 1.807) is 6.07 Å². The SMILES string of the molecule is Cc1ccc(C(F)F)c(C2(CN)CC2)c1. The molecule has 1 fully saturated rings. The second kappa shape index (κ2) is 3.56. The zero-order chi connectivity index (χ0) is 11.1. The molecule has 1 aliphatic rings. The Hall–Kier alpha value is -0.960. The summed E-state index contributed by atoms with van der Waals surface area (Å²) in [5.74, 6) is 0. The van der Waals surface area contributed by atoms with E-state index in [1.807, 2.05) is 13.0 Å². The van der Waals surface area contributed by atoms with Crippen molar-refractivity contribution in [2.75, 3.05) is 6.54 Å². The Balaban J connectivity index is 2.48. The van der Waals surface area contributed by atoms with Gasteiger partial charge in [-0.1, -0.05) is 23.8 Å². The molecular formula is C12H15F2N. The van der Waals surface area contributed by atoms with E-state index in [2.05, 4.69) is 0 Å². The van der Waals surface area contributed by atoms with Gasteiger partial charge in [0.1, 0.15) is 0 Å². The lowest BCUT2D eigenvalue weighted by Gasteiger charge is -2.18. The molecule has 0 spiro atoms. The van der Waals surface area contributed by atoms with E-state index in [9.17, 15) is 8.78 Å². The predicted octanol–water partition coefficient (Wildman–Crippen LogP) is 2.92. The topological polar surface area (TPSA) is 26.0 Å². The first-order valence-corrected chi connectivity index (χ1v) is 5.18. The lowest BCUT2D eigenvalue weighted by atomic mass is 9.90. The highest BCUT2D eigenvalue weighted by Crippen LogP contribution is 2.50. The van der Waals surface area contributed by atoms with Gasteiger partial charge in [-0.15, -0.1) is 0 Å². The third-order valence-corrected chi connectivity index (χ3v) is 3.26. The van der Waals surface area contributed by atoms with Gasteiger partial charge in [-0.2, -0.15) is 0 Å². The Morgan fingerprint density at radius 3 is 2.53 bits per heavy atom. The molecule has 0 atom stereocenters. The summed E-state index contributed by atoms with van der Waals surface area (Å²) >= 11 is 0. The maximum absolute atomic E-state index is 12.8. The van der Waals surface area contributed by atoms with Crippen molar-refractivity contribution in [1.82, 2.24) is 0 Å². The van der Waals surface area contributed by atoms with E-state index in [-0.39, 0.29) is 11.0 Å². The van der Waals surface area contributed by atoms with Crippen LogP contribution in [0.1, 0.15) is 36.0 Å². The van der Waals surface area contributed by atoms with Gasteiger partial charge in [-0.25, -0.2) is 8.78 Å². The molecule has 3 heteroatoms. The van der Waals surface area contributed by atoms with Crippen molar-refractivity contribution < 1.29 is 8.78 Å². The zero-order valence-corrected chi connectivity index (χ0v) is 8.76. The van der Waals surface area contributed by atoms with Crippen LogP contribution in [-0.4, -0.2) is 6.54 Å². The Kier molecular flexibility index (Phi) is 2.51. The lowest BCUT2D eigenvalue weighted by Crippen LogP contribution is -2.21. The average Bonchev–Trinajstić information content (AvgIpc) is 2.97. The van der Waals surface area contributed by atoms with Gasteiger partial charge in [0.2, 0.25) is 0 Å². The largest absolute Gasteiger partial charge is 0.330 e. The second-order valence-corrected chi connectivity index (χ2v) is 4.38. The van der Waals surface area contributed by atoms with Crippen LogP contribution in [0.4, 0.5) is 8.78 Å². The van der Waals surface area contributed by atoms with Crippen LogP contribution in [0.3, 0.4) is 0 Å². The molecular weight excluding hydrogens is 196 g/mol. The van der Waals surface area contributed by atoms with Crippen LogP contribution in [0, 0.1) is 6.92 Å². The first-order valence-electron chi connectivity index (χ1n) is 5.18. The number of nitrogens with two attached hydrogens (primary N) is 1. The van der Waals surface area contributed by atoms with Crippen LogP contribution in [0.15, 0.2) is 18.2 Å². The molecule has 15 heavy (non-hydrogen) atoms. The average molecular weight is 211 g/mol. The third kappa shape index (κ3) is 1.76. The minimum absolute atomic E-state index is 0.155. The molecule has 1 saturated carbocycles. The van der Waals surface area contributed by atoms with Crippen LogP contribution < -0.4 is 5.73 Å². The molecule has 2 N–H and O–H groups in total. The van der Waals surface area contributed by atoms with Crippen molar-refractivity contribution in [3.63, 3.8) is 0 Å². The quantitative estimate of drug-likeness (QED) is 0.817. The normalized spacial score (nSPS) is 18.2. The molecule has 1 nitrogen and oxygen atoms in total. The molecule has 0 bridgehead atoms. The summed E-state index contributed by atoms with van der Waals surface area (Å²) in [5.41, 5.74) is 7.46. The summed E-state index contributed by atoms with van der Waals surface area (Å²) in [7, 11) is 0. The minimum atomic E-state index is -2.40. The van der Waals surface area contributed by atoms with Crippen molar-refractivity contribution in [2.24, 2.45) is 5.73 Å². The van der Waals surface area contributed by atoms with Crippen molar-refractivity contribution in [1.29, 1.82) is 0 Å². The Bertz CT molecular complexity index is 370. The smallest absolute Gasteiger partial charge is 0.264 e. The fourth-order valence-electron chi connectivity index (χ4n) is 2.05. The van der Waals surface area contributed by atoms with Gasteiger partial charge in [-0.05, 0) is 25.3 Å². The highest BCUT2D eigenvalue weighted by molar-refractivity contribution is 5.42. The molecule has 0 heterocycles. The molecule has 1 aromatic rings. The van der Waals surface area contributed by atoms with Crippen LogP contribution in [-0.2, 0) is 5.41 Å². The van der Waals surface area contributed by atoms with Crippen molar-refractivity contribution in [2.45, 2.75) is 31.6 Å². The van der Waals surface area contributed by atoms with E-state index >= 15 is 0 Å². The van der Waals surface area contributed by atoms with Gasteiger partial charge in [0.15, 0.2) is 0 Å². The summed E-state index contributed by atoms with van der Waals surface area (Å²) < 4.78 is 25.6. The molecule has 0 aromatic heterocycles.